The molecule has 10 nitrogen and oxygen atoms in total. The van der Waals surface area contributed by atoms with Crippen LogP contribution in [0.15, 0.2) is 53.4 Å². The van der Waals surface area contributed by atoms with Crippen LogP contribution in [0.2, 0.25) is 0 Å². The number of nitro benzene ring substituents is 1. The van der Waals surface area contributed by atoms with Gasteiger partial charge in [0.15, 0.2) is 11.5 Å². The zero-order valence-electron chi connectivity index (χ0n) is 16.3. The average Bonchev–Trinajstić information content (AvgIpc) is 2.77. The zero-order valence-corrected chi connectivity index (χ0v) is 17.1. The molecule has 0 bridgehead atoms. The maximum absolute atomic E-state index is 12.9. The smallest absolute Gasteiger partial charge is 0.289 e. The summed E-state index contributed by atoms with van der Waals surface area (Å²) in [5, 5.41) is 11.2. The topological polar surface area (TPSA) is 119 Å². The third-order valence-corrected chi connectivity index (χ3v) is 6.46. The third-order valence-electron chi connectivity index (χ3n) is 4.63. The molecule has 1 amide bonds. The largest absolute Gasteiger partial charge is 0.484 e. The lowest BCUT2D eigenvalue weighted by Crippen LogP contribution is -2.42. The van der Waals surface area contributed by atoms with Gasteiger partial charge >= 0.3 is 0 Å². The molecular formula is C19H21N3O7S. The van der Waals surface area contributed by atoms with Crippen LogP contribution in [0.3, 0.4) is 0 Å². The number of nitro groups is 1. The molecule has 2 aromatic rings. The predicted molar refractivity (Wildman–Crippen MR) is 108 cm³/mol. The van der Waals surface area contributed by atoms with Crippen molar-refractivity contribution in [1.82, 2.24) is 4.90 Å². The SMILES string of the molecule is CN(c1ccc(OCC(=O)N2CCOCC2)cc1)S(=O)(=O)c1ccccc1[N+](=O)[O-]. The number of carbonyl (C=O) groups excluding carboxylic acids is 1. The van der Waals surface area contributed by atoms with Crippen LogP contribution in [0.25, 0.3) is 0 Å². The quantitative estimate of drug-likeness (QED) is 0.479. The number of hydrogen-bond acceptors (Lipinski definition) is 7. The fraction of sp³-hybridized carbons (Fsp3) is 0.316. The highest BCUT2D eigenvalue weighted by Gasteiger charge is 2.29. The highest BCUT2D eigenvalue weighted by atomic mass is 32.2. The molecule has 1 fully saturated rings. The predicted octanol–water partition coefficient (Wildman–Crippen LogP) is 1.66. The van der Waals surface area contributed by atoms with E-state index in [1.165, 1.54) is 49.5 Å². The summed E-state index contributed by atoms with van der Waals surface area (Å²) in [4.78, 5) is 23.8. The Hall–Kier alpha value is -3.18. The second-order valence-corrected chi connectivity index (χ2v) is 8.41. The number of sulfonamides is 1. The highest BCUT2D eigenvalue weighted by molar-refractivity contribution is 7.93. The third kappa shape index (κ3) is 4.69. The highest BCUT2D eigenvalue weighted by Crippen LogP contribution is 2.29. The Bertz CT molecular complexity index is 1020. The summed E-state index contributed by atoms with van der Waals surface area (Å²) in [5.41, 5.74) is -0.203. The summed E-state index contributed by atoms with van der Waals surface area (Å²) >= 11 is 0. The fourth-order valence-corrected chi connectivity index (χ4v) is 4.27. The normalized spacial score (nSPS) is 14.2. The number of hydrogen-bond donors (Lipinski definition) is 0. The van der Waals surface area contributed by atoms with Crippen LogP contribution in [0, 0.1) is 10.1 Å². The van der Waals surface area contributed by atoms with Crippen LogP contribution < -0.4 is 9.04 Å². The summed E-state index contributed by atoms with van der Waals surface area (Å²) in [6, 6.07) is 11.2. The van der Waals surface area contributed by atoms with Crippen molar-refractivity contribution in [3.05, 3.63) is 58.6 Å². The van der Waals surface area contributed by atoms with Gasteiger partial charge in [0.2, 0.25) is 0 Å². The van der Waals surface area contributed by atoms with Crippen molar-refractivity contribution in [3.63, 3.8) is 0 Å². The molecule has 0 atom stereocenters. The van der Waals surface area contributed by atoms with Crippen molar-refractivity contribution in [2.45, 2.75) is 4.90 Å². The Morgan fingerprint density at radius 2 is 1.80 bits per heavy atom. The molecule has 30 heavy (non-hydrogen) atoms. The second kappa shape index (κ2) is 9.09. The van der Waals surface area contributed by atoms with Crippen molar-refractivity contribution >= 4 is 27.3 Å². The molecular weight excluding hydrogens is 414 g/mol. The molecule has 0 radical (unpaired) electrons. The first-order valence-corrected chi connectivity index (χ1v) is 10.6. The van der Waals surface area contributed by atoms with Gasteiger partial charge in [-0.15, -0.1) is 0 Å². The molecule has 11 heteroatoms. The van der Waals surface area contributed by atoms with Crippen LogP contribution in [0.4, 0.5) is 11.4 Å². The lowest BCUT2D eigenvalue weighted by Gasteiger charge is -2.26. The van der Waals surface area contributed by atoms with Gasteiger partial charge in [0.25, 0.3) is 21.6 Å². The Kier molecular flexibility index (Phi) is 6.53. The maximum Gasteiger partial charge on any atom is 0.289 e. The van der Waals surface area contributed by atoms with Crippen molar-refractivity contribution in [2.24, 2.45) is 0 Å². The number of anilines is 1. The summed E-state index contributed by atoms with van der Waals surface area (Å²) in [7, 11) is -2.83. The van der Waals surface area contributed by atoms with E-state index >= 15 is 0 Å². The van der Waals surface area contributed by atoms with E-state index in [1.54, 1.807) is 4.90 Å². The van der Waals surface area contributed by atoms with E-state index in [4.69, 9.17) is 9.47 Å². The van der Waals surface area contributed by atoms with Gasteiger partial charge in [-0.3, -0.25) is 19.2 Å². The Morgan fingerprint density at radius 1 is 1.17 bits per heavy atom. The summed E-state index contributed by atoms with van der Waals surface area (Å²) in [6.45, 7) is 1.91. The molecule has 0 N–H and O–H groups in total. The number of morpholine rings is 1. The molecule has 0 aliphatic carbocycles. The number of ether oxygens (including phenoxy) is 2. The van der Waals surface area contributed by atoms with Gasteiger partial charge in [-0.05, 0) is 30.3 Å². The lowest BCUT2D eigenvalue weighted by molar-refractivity contribution is -0.387. The Balaban J connectivity index is 1.69. The van der Waals surface area contributed by atoms with Gasteiger partial charge in [-0.2, -0.15) is 0 Å². The Labute approximate surface area is 173 Å². The van der Waals surface area contributed by atoms with Crippen LogP contribution in [0.1, 0.15) is 0 Å². The lowest BCUT2D eigenvalue weighted by atomic mass is 10.3. The van der Waals surface area contributed by atoms with Crippen molar-refractivity contribution in [1.29, 1.82) is 0 Å². The monoisotopic (exact) mass is 435 g/mol. The summed E-state index contributed by atoms with van der Waals surface area (Å²) < 4.78 is 37.4. The van der Waals surface area contributed by atoms with E-state index < -0.39 is 25.5 Å². The van der Waals surface area contributed by atoms with E-state index in [-0.39, 0.29) is 12.5 Å². The molecule has 3 rings (SSSR count). The Morgan fingerprint density at radius 3 is 2.43 bits per heavy atom. The van der Waals surface area contributed by atoms with Crippen molar-refractivity contribution in [2.75, 3.05) is 44.3 Å². The summed E-state index contributed by atoms with van der Waals surface area (Å²) in [6.07, 6.45) is 0. The number of para-hydroxylation sites is 1. The molecule has 0 aromatic heterocycles. The molecule has 0 unspecified atom stereocenters. The molecule has 1 aliphatic rings. The minimum Gasteiger partial charge on any atom is -0.484 e. The second-order valence-electron chi connectivity index (χ2n) is 6.47. The minimum absolute atomic E-state index is 0.135. The molecule has 1 aliphatic heterocycles. The van der Waals surface area contributed by atoms with E-state index in [0.29, 0.717) is 37.7 Å². The first-order chi connectivity index (χ1) is 14.3. The maximum atomic E-state index is 12.9. The van der Waals surface area contributed by atoms with Gasteiger partial charge in [0.05, 0.1) is 23.8 Å². The molecule has 0 spiro atoms. The summed E-state index contributed by atoms with van der Waals surface area (Å²) in [5.74, 6) is 0.246. The van der Waals surface area contributed by atoms with E-state index in [0.717, 1.165) is 10.4 Å². The van der Waals surface area contributed by atoms with Gasteiger partial charge in [-0.25, -0.2) is 8.42 Å². The number of benzene rings is 2. The number of rotatable bonds is 7. The first kappa shape index (κ1) is 21.5. The molecule has 0 saturated carbocycles. The van der Waals surface area contributed by atoms with E-state index in [2.05, 4.69) is 0 Å². The van der Waals surface area contributed by atoms with Crippen LogP contribution in [-0.2, 0) is 19.6 Å². The van der Waals surface area contributed by atoms with E-state index in [1.807, 2.05) is 0 Å². The number of amides is 1. The van der Waals surface area contributed by atoms with Gasteiger partial charge in [-0.1, -0.05) is 12.1 Å². The van der Waals surface area contributed by atoms with Crippen LogP contribution >= 0.6 is 0 Å². The molecule has 1 saturated heterocycles. The average molecular weight is 435 g/mol. The number of nitrogens with zero attached hydrogens (tertiary/aromatic N) is 3. The standard InChI is InChI=1S/C19H21N3O7S/c1-20(30(26,27)18-5-3-2-4-17(18)22(24)25)15-6-8-16(9-7-15)29-14-19(23)21-10-12-28-13-11-21/h2-9H,10-14H2,1H3. The molecule has 1 heterocycles. The van der Waals surface area contributed by atoms with Gasteiger partial charge in [0, 0.05) is 26.2 Å². The minimum atomic E-state index is -4.14. The van der Waals surface area contributed by atoms with Crippen molar-refractivity contribution in [3.8, 4) is 5.75 Å². The number of carbonyl (C=O) groups is 1. The molecule has 2 aromatic carbocycles. The van der Waals surface area contributed by atoms with Crippen molar-refractivity contribution < 1.29 is 27.6 Å². The van der Waals surface area contributed by atoms with Gasteiger partial charge < -0.3 is 14.4 Å². The van der Waals surface area contributed by atoms with Crippen LogP contribution in [-0.4, -0.2) is 64.1 Å². The first-order valence-electron chi connectivity index (χ1n) is 9.11. The zero-order chi connectivity index (χ0) is 21.7. The fourth-order valence-electron chi connectivity index (χ4n) is 2.91. The molecule has 160 valence electrons. The van der Waals surface area contributed by atoms with Crippen LogP contribution in [0.5, 0.6) is 5.75 Å². The van der Waals surface area contributed by atoms with Gasteiger partial charge in [0.1, 0.15) is 5.75 Å². The van der Waals surface area contributed by atoms with E-state index in [9.17, 15) is 23.3 Å².